The third kappa shape index (κ3) is 4.83. The molecule has 128 valence electrons. The highest BCUT2D eigenvalue weighted by Crippen LogP contribution is 2.29. The molecule has 0 aromatic heterocycles. The summed E-state index contributed by atoms with van der Waals surface area (Å²) < 4.78 is 5.39. The molecular formula is C20H25NO3. The number of aliphatic carboxylic acids is 1. The highest BCUT2D eigenvalue weighted by atomic mass is 16.5. The number of carboxylic acids is 1. The van der Waals surface area contributed by atoms with Crippen LogP contribution in [-0.4, -0.2) is 24.2 Å². The fourth-order valence-corrected chi connectivity index (χ4v) is 2.67. The van der Waals surface area contributed by atoms with Gasteiger partial charge in [-0.15, -0.1) is 0 Å². The molecule has 4 nitrogen and oxygen atoms in total. The van der Waals surface area contributed by atoms with Gasteiger partial charge in [-0.3, -0.25) is 4.79 Å². The Bertz CT molecular complexity index is 665. The molecule has 0 fully saturated rings. The Morgan fingerprint density at radius 3 is 2.38 bits per heavy atom. The van der Waals surface area contributed by atoms with Gasteiger partial charge in [0.15, 0.2) is 0 Å². The standard InChI is InChI=1S/C20H25NO3/c1-14(2)12-18(20(22)23)21-13-15-8-10-16(11-9-15)17-6-4-5-7-19(17)24-3/h4-11,14,18,21H,12-13H2,1-3H3,(H,22,23). The van der Waals surface area contributed by atoms with Crippen LogP contribution in [0.15, 0.2) is 48.5 Å². The summed E-state index contributed by atoms with van der Waals surface area (Å²) in [5.41, 5.74) is 3.18. The molecule has 0 saturated heterocycles. The van der Waals surface area contributed by atoms with Crippen LogP contribution >= 0.6 is 0 Å². The quantitative estimate of drug-likeness (QED) is 0.771. The second-order valence-electron chi connectivity index (χ2n) is 6.30. The van der Waals surface area contributed by atoms with Gasteiger partial charge in [-0.1, -0.05) is 56.3 Å². The maximum absolute atomic E-state index is 11.3. The largest absolute Gasteiger partial charge is 0.496 e. The number of hydrogen-bond donors (Lipinski definition) is 2. The molecule has 2 aromatic carbocycles. The molecule has 0 aliphatic heterocycles. The maximum Gasteiger partial charge on any atom is 0.320 e. The van der Waals surface area contributed by atoms with Crippen LogP contribution in [0.1, 0.15) is 25.8 Å². The minimum absolute atomic E-state index is 0.339. The highest BCUT2D eigenvalue weighted by Gasteiger charge is 2.17. The van der Waals surface area contributed by atoms with Gasteiger partial charge < -0.3 is 15.2 Å². The summed E-state index contributed by atoms with van der Waals surface area (Å²) >= 11 is 0. The number of para-hydroxylation sites is 1. The summed E-state index contributed by atoms with van der Waals surface area (Å²) in [6.45, 7) is 4.59. The zero-order valence-corrected chi connectivity index (χ0v) is 14.5. The second kappa shape index (κ2) is 8.50. The van der Waals surface area contributed by atoms with E-state index in [9.17, 15) is 9.90 Å². The summed E-state index contributed by atoms with van der Waals surface area (Å²) in [7, 11) is 1.66. The number of benzene rings is 2. The Kier molecular flexibility index (Phi) is 6.38. The van der Waals surface area contributed by atoms with E-state index >= 15 is 0 Å². The molecule has 0 aliphatic rings. The van der Waals surface area contributed by atoms with Gasteiger partial charge in [0.05, 0.1) is 7.11 Å². The van der Waals surface area contributed by atoms with Gasteiger partial charge in [-0.2, -0.15) is 0 Å². The van der Waals surface area contributed by atoms with Crippen molar-refractivity contribution in [2.45, 2.75) is 32.9 Å². The molecule has 2 rings (SSSR count). The normalized spacial score (nSPS) is 12.2. The molecule has 24 heavy (non-hydrogen) atoms. The molecule has 4 heteroatoms. The van der Waals surface area contributed by atoms with Crippen LogP contribution in [0.2, 0.25) is 0 Å². The third-order valence-electron chi connectivity index (χ3n) is 3.93. The van der Waals surface area contributed by atoms with E-state index in [0.717, 1.165) is 22.4 Å². The lowest BCUT2D eigenvalue weighted by molar-refractivity contribution is -0.140. The Morgan fingerprint density at radius 2 is 1.79 bits per heavy atom. The van der Waals surface area contributed by atoms with E-state index in [1.54, 1.807) is 7.11 Å². The van der Waals surface area contributed by atoms with Crippen molar-refractivity contribution in [3.8, 4) is 16.9 Å². The number of hydrogen-bond acceptors (Lipinski definition) is 3. The fourth-order valence-electron chi connectivity index (χ4n) is 2.67. The van der Waals surface area contributed by atoms with Crippen molar-refractivity contribution in [2.24, 2.45) is 5.92 Å². The number of rotatable bonds is 8. The van der Waals surface area contributed by atoms with E-state index in [4.69, 9.17) is 4.74 Å². The number of carbonyl (C=O) groups is 1. The van der Waals surface area contributed by atoms with Gasteiger partial charge in [-0.05, 0) is 29.5 Å². The van der Waals surface area contributed by atoms with Crippen molar-refractivity contribution in [3.63, 3.8) is 0 Å². The molecule has 0 heterocycles. The average Bonchev–Trinajstić information content (AvgIpc) is 2.58. The topological polar surface area (TPSA) is 58.6 Å². The minimum Gasteiger partial charge on any atom is -0.496 e. The minimum atomic E-state index is -0.797. The van der Waals surface area contributed by atoms with Gasteiger partial charge in [0, 0.05) is 12.1 Å². The van der Waals surface area contributed by atoms with Crippen molar-refractivity contribution < 1.29 is 14.6 Å². The zero-order valence-electron chi connectivity index (χ0n) is 14.5. The summed E-state index contributed by atoms with van der Waals surface area (Å²) in [5, 5.41) is 12.4. The maximum atomic E-state index is 11.3. The van der Waals surface area contributed by atoms with Crippen LogP contribution in [0.25, 0.3) is 11.1 Å². The van der Waals surface area contributed by atoms with Crippen molar-refractivity contribution >= 4 is 5.97 Å². The molecule has 0 aliphatic carbocycles. The average molecular weight is 327 g/mol. The molecule has 2 N–H and O–H groups in total. The fraction of sp³-hybridized carbons (Fsp3) is 0.350. The molecule has 0 amide bonds. The summed E-state index contributed by atoms with van der Waals surface area (Å²) in [4.78, 5) is 11.3. The van der Waals surface area contributed by atoms with Crippen molar-refractivity contribution in [2.75, 3.05) is 7.11 Å². The molecule has 0 radical (unpaired) electrons. The predicted octanol–water partition coefficient (Wildman–Crippen LogP) is 3.95. The van der Waals surface area contributed by atoms with Crippen LogP contribution < -0.4 is 10.1 Å². The van der Waals surface area contributed by atoms with Gasteiger partial charge in [-0.25, -0.2) is 0 Å². The number of carboxylic acid groups (broad SMARTS) is 1. The van der Waals surface area contributed by atoms with Crippen LogP contribution in [0.4, 0.5) is 0 Å². The first-order chi connectivity index (χ1) is 11.5. The monoisotopic (exact) mass is 327 g/mol. The molecule has 2 aromatic rings. The van der Waals surface area contributed by atoms with Crippen molar-refractivity contribution in [3.05, 3.63) is 54.1 Å². The Morgan fingerprint density at radius 1 is 1.12 bits per heavy atom. The summed E-state index contributed by atoms with van der Waals surface area (Å²) in [6.07, 6.45) is 0.620. The molecule has 0 saturated carbocycles. The summed E-state index contributed by atoms with van der Waals surface area (Å²) in [5.74, 6) is 0.382. The summed E-state index contributed by atoms with van der Waals surface area (Å²) in [6, 6.07) is 15.5. The van der Waals surface area contributed by atoms with E-state index in [1.807, 2.05) is 62.4 Å². The SMILES string of the molecule is COc1ccccc1-c1ccc(CNC(CC(C)C)C(=O)O)cc1. The van der Waals surface area contributed by atoms with Crippen LogP contribution in [0.5, 0.6) is 5.75 Å². The van der Waals surface area contributed by atoms with E-state index in [2.05, 4.69) is 5.32 Å². The molecule has 0 spiro atoms. The number of ether oxygens (including phenoxy) is 1. The van der Waals surface area contributed by atoms with E-state index < -0.39 is 12.0 Å². The molecule has 1 unspecified atom stereocenters. The van der Waals surface area contributed by atoms with Gasteiger partial charge in [0.2, 0.25) is 0 Å². The zero-order chi connectivity index (χ0) is 17.5. The van der Waals surface area contributed by atoms with Crippen molar-refractivity contribution in [1.82, 2.24) is 5.32 Å². The van der Waals surface area contributed by atoms with E-state index in [-0.39, 0.29) is 0 Å². The first-order valence-corrected chi connectivity index (χ1v) is 8.19. The Hall–Kier alpha value is -2.33. The molecule has 0 bridgehead atoms. The van der Waals surface area contributed by atoms with Crippen LogP contribution in [0.3, 0.4) is 0 Å². The van der Waals surface area contributed by atoms with Gasteiger partial charge in [0.1, 0.15) is 11.8 Å². The highest BCUT2D eigenvalue weighted by molar-refractivity contribution is 5.73. The number of nitrogens with one attached hydrogen (secondary N) is 1. The first-order valence-electron chi connectivity index (χ1n) is 8.19. The smallest absolute Gasteiger partial charge is 0.320 e. The lowest BCUT2D eigenvalue weighted by Gasteiger charge is -2.16. The lowest BCUT2D eigenvalue weighted by Crippen LogP contribution is -2.37. The number of methoxy groups -OCH3 is 1. The molecule has 1 atom stereocenters. The molecular weight excluding hydrogens is 302 g/mol. The second-order valence-corrected chi connectivity index (χ2v) is 6.30. The third-order valence-corrected chi connectivity index (χ3v) is 3.93. The lowest BCUT2D eigenvalue weighted by atomic mass is 10.0. The predicted molar refractivity (Wildman–Crippen MR) is 96.1 cm³/mol. The van der Waals surface area contributed by atoms with Crippen molar-refractivity contribution in [1.29, 1.82) is 0 Å². The van der Waals surface area contributed by atoms with E-state index in [0.29, 0.717) is 18.9 Å². The van der Waals surface area contributed by atoms with Gasteiger partial charge >= 0.3 is 5.97 Å². The Labute approximate surface area is 143 Å². The van der Waals surface area contributed by atoms with E-state index in [1.165, 1.54) is 0 Å². The van der Waals surface area contributed by atoms with Crippen LogP contribution in [0, 0.1) is 5.92 Å². The Balaban J connectivity index is 2.05. The van der Waals surface area contributed by atoms with Gasteiger partial charge in [0.25, 0.3) is 0 Å². The first kappa shape index (κ1) is 18.0. The van der Waals surface area contributed by atoms with Crippen LogP contribution in [-0.2, 0) is 11.3 Å².